The van der Waals surface area contributed by atoms with E-state index in [1.807, 2.05) is 119 Å². The van der Waals surface area contributed by atoms with E-state index in [4.69, 9.17) is 9.52 Å². The summed E-state index contributed by atoms with van der Waals surface area (Å²) in [6, 6.07) is 31.1. The number of hydrogen-bond donors (Lipinski definition) is 0. The van der Waals surface area contributed by atoms with E-state index in [0.29, 0.717) is 16.9 Å². The van der Waals surface area contributed by atoms with Crippen molar-refractivity contribution < 1.29 is 9.21 Å². The Kier molecular flexibility index (Phi) is 5.45. The molecule has 0 spiro atoms. The molecule has 0 saturated carbocycles. The van der Waals surface area contributed by atoms with Gasteiger partial charge in [0.1, 0.15) is 11.3 Å². The van der Waals surface area contributed by atoms with Crippen LogP contribution in [0.2, 0.25) is 0 Å². The molecule has 0 aliphatic rings. The third-order valence-electron chi connectivity index (χ3n) is 5.82. The first-order valence-corrected chi connectivity index (χ1v) is 12.1. The molecule has 0 unspecified atom stereocenters. The van der Waals surface area contributed by atoms with E-state index in [-0.39, 0.29) is 5.78 Å². The maximum Gasteiger partial charge on any atom is 0.228 e. The Balaban J connectivity index is 1.48. The number of furan rings is 1. The average Bonchev–Trinajstić information content (AvgIpc) is 3.66. The molecule has 0 saturated heterocycles. The van der Waals surface area contributed by atoms with Crippen molar-refractivity contribution in [3.05, 3.63) is 131 Å². The fourth-order valence-corrected chi connectivity index (χ4v) is 4.85. The topological polar surface area (TPSA) is 48.0 Å². The van der Waals surface area contributed by atoms with Gasteiger partial charge in [0.25, 0.3) is 0 Å². The van der Waals surface area contributed by atoms with Gasteiger partial charge in [0, 0.05) is 28.3 Å². The fourth-order valence-electron chi connectivity index (χ4n) is 4.12. The largest absolute Gasteiger partial charge is 0.452 e. The Hall–Kier alpha value is -4.48. The summed E-state index contributed by atoms with van der Waals surface area (Å²) in [7, 11) is 0. The van der Waals surface area contributed by atoms with Crippen LogP contribution in [-0.4, -0.2) is 15.6 Å². The van der Waals surface area contributed by atoms with Gasteiger partial charge < -0.3 is 4.42 Å². The molecular weight excluding hydrogens is 452 g/mol. The Bertz CT molecular complexity index is 1640. The number of nitrogens with zero attached hydrogens (tertiary/aromatic N) is 2. The van der Waals surface area contributed by atoms with Gasteiger partial charge >= 0.3 is 0 Å². The molecule has 168 valence electrons. The highest BCUT2D eigenvalue weighted by Gasteiger charge is 2.20. The average molecular weight is 473 g/mol. The second kappa shape index (κ2) is 9.05. The van der Waals surface area contributed by atoms with Crippen molar-refractivity contribution in [1.29, 1.82) is 0 Å². The molecule has 35 heavy (non-hydrogen) atoms. The van der Waals surface area contributed by atoms with Gasteiger partial charge in [0.15, 0.2) is 5.76 Å². The van der Waals surface area contributed by atoms with Crippen molar-refractivity contribution in [3.8, 4) is 16.3 Å². The number of para-hydroxylation sites is 2. The molecule has 5 heteroatoms. The summed E-state index contributed by atoms with van der Waals surface area (Å²) >= 11 is 1.65. The van der Waals surface area contributed by atoms with Crippen LogP contribution in [0.4, 0.5) is 0 Å². The first-order chi connectivity index (χ1) is 17.3. The van der Waals surface area contributed by atoms with Crippen LogP contribution in [0.5, 0.6) is 0 Å². The number of rotatable bonds is 6. The number of carbonyl (C=O) groups is 1. The highest BCUT2D eigenvalue weighted by molar-refractivity contribution is 7.13. The quantitative estimate of drug-likeness (QED) is 0.233. The number of fused-ring (bicyclic) bond motifs is 1. The first kappa shape index (κ1) is 21.1. The van der Waals surface area contributed by atoms with E-state index >= 15 is 0 Å². The monoisotopic (exact) mass is 472 g/mol. The summed E-state index contributed by atoms with van der Waals surface area (Å²) in [4.78, 5) is 14.4. The van der Waals surface area contributed by atoms with E-state index in [9.17, 15) is 4.79 Å². The molecule has 0 aliphatic carbocycles. The lowest BCUT2D eigenvalue weighted by atomic mass is 10.0. The Morgan fingerprint density at radius 1 is 0.829 bits per heavy atom. The van der Waals surface area contributed by atoms with E-state index in [1.165, 1.54) is 0 Å². The normalized spacial score (nSPS) is 11.4. The van der Waals surface area contributed by atoms with Crippen LogP contribution in [-0.2, 0) is 0 Å². The van der Waals surface area contributed by atoms with Crippen LogP contribution in [0.1, 0.15) is 27.2 Å². The smallest absolute Gasteiger partial charge is 0.228 e. The Morgan fingerprint density at radius 3 is 2.34 bits per heavy atom. The third kappa shape index (κ3) is 4.03. The summed E-state index contributed by atoms with van der Waals surface area (Å²) in [6.45, 7) is 0. The predicted molar refractivity (Wildman–Crippen MR) is 142 cm³/mol. The van der Waals surface area contributed by atoms with Crippen molar-refractivity contribution in [1.82, 2.24) is 9.78 Å². The summed E-state index contributed by atoms with van der Waals surface area (Å²) < 4.78 is 7.95. The zero-order chi connectivity index (χ0) is 23.6. The zero-order valence-electron chi connectivity index (χ0n) is 18.7. The molecular formula is C30H20N2O2S. The summed E-state index contributed by atoms with van der Waals surface area (Å²) in [5, 5.41) is 7.82. The van der Waals surface area contributed by atoms with Crippen LogP contribution < -0.4 is 0 Å². The SMILES string of the molecule is O=C(c1ccccc1)c1oc2ccccc2c1C=Cc1cn(-c2ccccc2)nc1-c1cccs1. The van der Waals surface area contributed by atoms with Crippen molar-refractivity contribution in [2.45, 2.75) is 0 Å². The van der Waals surface area contributed by atoms with Gasteiger partial charge in [-0.3, -0.25) is 4.79 Å². The van der Waals surface area contributed by atoms with Crippen LogP contribution in [0.25, 0.3) is 39.4 Å². The van der Waals surface area contributed by atoms with Crippen LogP contribution in [0.15, 0.2) is 113 Å². The van der Waals surface area contributed by atoms with E-state index in [2.05, 4.69) is 6.07 Å². The molecule has 4 nitrogen and oxygen atoms in total. The van der Waals surface area contributed by atoms with Crippen molar-refractivity contribution in [2.24, 2.45) is 0 Å². The van der Waals surface area contributed by atoms with Crippen molar-refractivity contribution >= 4 is 40.2 Å². The molecule has 0 atom stereocenters. The highest BCUT2D eigenvalue weighted by atomic mass is 32.1. The van der Waals surface area contributed by atoms with E-state index in [1.54, 1.807) is 11.3 Å². The van der Waals surface area contributed by atoms with Gasteiger partial charge in [-0.05, 0) is 35.7 Å². The Labute approximate surface area is 206 Å². The number of aromatic nitrogens is 2. The lowest BCUT2D eigenvalue weighted by molar-refractivity contribution is 0.101. The molecule has 3 aromatic carbocycles. The molecule has 0 radical (unpaired) electrons. The maximum atomic E-state index is 13.3. The van der Waals surface area contributed by atoms with Gasteiger partial charge in [0.2, 0.25) is 5.78 Å². The second-order valence-corrected chi connectivity index (χ2v) is 9.01. The second-order valence-electron chi connectivity index (χ2n) is 8.06. The van der Waals surface area contributed by atoms with E-state index < -0.39 is 0 Å². The van der Waals surface area contributed by atoms with Crippen molar-refractivity contribution in [3.63, 3.8) is 0 Å². The molecule has 0 amide bonds. The molecule has 6 aromatic rings. The first-order valence-electron chi connectivity index (χ1n) is 11.3. The van der Waals surface area contributed by atoms with Crippen LogP contribution >= 0.6 is 11.3 Å². The number of ketones is 1. The van der Waals surface area contributed by atoms with Crippen molar-refractivity contribution in [2.75, 3.05) is 0 Å². The van der Waals surface area contributed by atoms with E-state index in [0.717, 1.165) is 32.8 Å². The maximum absolute atomic E-state index is 13.3. The van der Waals surface area contributed by atoms with Gasteiger partial charge in [-0.1, -0.05) is 78.9 Å². The molecule has 3 aromatic heterocycles. The molecule has 0 bridgehead atoms. The number of carbonyl (C=O) groups excluding carboxylic acids is 1. The fraction of sp³-hybridized carbons (Fsp3) is 0. The minimum atomic E-state index is -0.139. The molecule has 0 N–H and O–H groups in total. The van der Waals surface area contributed by atoms with Gasteiger partial charge in [-0.2, -0.15) is 5.10 Å². The number of thiophene rings is 1. The van der Waals surface area contributed by atoms with Gasteiger partial charge in [-0.25, -0.2) is 4.68 Å². The molecule has 3 heterocycles. The lowest BCUT2D eigenvalue weighted by Gasteiger charge is -1.99. The summed E-state index contributed by atoms with van der Waals surface area (Å²) in [6.07, 6.45) is 5.99. The minimum absolute atomic E-state index is 0.139. The van der Waals surface area contributed by atoms with Crippen LogP contribution in [0.3, 0.4) is 0 Å². The zero-order valence-corrected chi connectivity index (χ0v) is 19.5. The third-order valence-corrected chi connectivity index (χ3v) is 6.70. The highest BCUT2D eigenvalue weighted by Crippen LogP contribution is 2.32. The standard InChI is InChI=1S/C30H20N2O2S/c33-29(21-10-3-1-4-11-21)30-25(24-14-7-8-15-26(24)34-30)18-17-22-20-32(23-12-5-2-6-13-23)31-28(22)27-16-9-19-35-27/h1-20H. The number of hydrogen-bond acceptors (Lipinski definition) is 4. The summed E-state index contributed by atoms with van der Waals surface area (Å²) in [5.41, 5.74) is 4.88. The lowest BCUT2D eigenvalue weighted by Crippen LogP contribution is -2.01. The molecule has 0 aliphatic heterocycles. The van der Waals surface area contributed by atoms with Gasteiger partial charge in [-0.15, -0.1) is 11.3 Å². The minimum Gasteiger partial charge on any atom is -0.452 e. The predicted octanol–water partition coefficient (Wildman–Crippen LogP) is 7.75. The summed E-state index contributed by atoms with van der Waals surface area (Å²) in [5.74, 6) is 0.196. The van der Waals surface area contributed by atoms with Crippen LogP contribution in [0, 0.1) is 0 Å². The van der Waals surface area contributed by atoms with Gasteiger partial charge in [0.05, 0.1) is 10.6 Å². The molecule has 6 rings (SSSR count). The number of benzene rings is 3. The molecule has 0 fully saturated rings. The Morgan fingerprint density at radius 2 is 1.57 bits per heavy atom.